The van der Waals surface area contributed by atoms with Crippen LogP contribution in [-0.2, 0) is 9.59 Å². The van der Waals surface area contributed by atoms with Crippen LogP contribution < -0.4 is 15.4 Å². The number of hydrogen-bond donors (Lipinski definition) is 2. The number of amides is 3. The Morgan fingerprint density at radius 2 is 1.97 bits per heavy atom. The molecule has 32 heavy (non-hydrogen) atoms. The van der Waals surface area contributed by atoms with Crippen LogP contribution >= 0.6 is 23.4 Å². The van der Waals surface area contributed by atoms with Gasteiger partial charge in [0.1, 0.15) is 10.8 Å². The first-order valence-corrected chi connectivity index (χ1v) is 11.7. The number of ether oxygens (including phenoxy) is 1. The van der Waals surface area contributed by atoms with Crippen LogP contribution in [0.2, 0.25) is 5.02 Å². The highest BCUT2D eigenvalue weighted by Crippen LogP contribution is 2.27. The Bertz CT molecular complexity index is 996. The molecule has 0 aliphatic carbocycles. The van der Waals surface area contributed by atoms with Crippen LogP contribution in [0.25, 0.3) is 0 Å². The Balaban J connectivity index is 1.47. The number of hydrogen-bond acceptors (Lipinski definition) is 6. The number of halogens is 1. The first-order chi connectivity index (χ1) is 15.4. The summed E-state index contributed by atoms with van der Waals surface area (Å²) in [6.07, 6.45) is 5.05. The number of piperidine rings is 1. The molecule has 0 saturated carbocycles. The molecule has 2 heterocycles. The minimum atomic E-state index is -0.792. The van der Waals surface area contributed by atoms with Gasteiger partial charge in [0, 0.05) is 30.9 Å². The predicted molar refractivity (Wildman–Crippen MR) is 124 cm³/mol. The van der Waals surface area contributed by atoms with Gasteiger partial charge in [-0.3, -0.25) is 14.4 Å². The maximum atomic E-state index is 12.8. The molecule has 3 amide bonds. The molecule has 10 heteroatoms. The number of likely N-dealkylation sites (tertiary alicyclic amines) is 1. The van der Waals surface area contributed by atoms with Gasteiger partial charge in [-0.25, -0.2) is 4.98 Å². The summed E-state index contributed by atoms with van der Waals surface area (Å²) in [6, 6.07) is 8.31. The van der Waals surface area contributed by atoms with Crippen LogP contribution in [-0.4, -0.2) is 60.6 Å². The zero-order chi connectivity index (χ0) is 23.1. The van der Waals surface area contributed by atoms with Crippen molar-refractivity contribution in [2.45, 2.75) is 17.9 Å². The van der Waals surface area contributed by atoms with E-state index in [1.165, 1.54) is 24.9 Å². The molecule has 8 nitrogen and oxygen atoms in total. The highest BCUT2D eigenvalue weighted by Gasteiger charge is 2.26. The molecule has 2 N–H and O–H groups in total. The van der Waals surface area contributed by atoms with Crippen LogP contribution in [0.15, 0.2) is 41.6 Å². The SMILES string of the molecule is COc1ccc(Cl)cc1NC(=O)C(=O)NCC1CCN(C(=O)c2cccnc2SC)CC1. The van der Waals surface area contributed by atoms with Gasteiger partial charge in [-0.05, 0) is 55.3 Å². The third-order valence-electron chi connectivity index (χ3n) is 5.26. The first kappa shape index (κ1) is 23.9. The van der Waals surface area contributed by atoms with Crippen LogP contribution in [0.1, 0.15) is 23.2 Å². The molecule has 0 radical (unpaired) electrons. The molecule has 3 rings (SSSR count). The highest BCUT2D eigenvalue weighted by atomic mass is 35.5. The molecule has 1 aliphatic heterocycles. The predicted octanol–water partition coefficient (Wildman–Crippen LogP) is 3.07. The summed E-state index contributed by atoms with van der Waals surface area (Å²) in [5.41, 5.74) is 0.937. The van der Waals surface area contributed by atoms with Crippen molar-refractivity contribution in [3.8, 4) is 5.75 Å². The summed E-state index contributed by atoms with van der Waals surface area (Å²) in [6.45, 7) is 1.55. The second kappa shape index (κ2) is 11.2. The second-order valence-electron chi connectivity index (χ2n) is 7.30. The number of aromatic nitrogens is 1. The number of nitrogens with one attached hydrogen (secondary N) is 2. The van der Waals surface area contributed by atoms with Gasteiger partial charge in [-0.1, -0.05) is 11.6 Å². The Kier molecular flexibility index (Phi) is 8.35. The van der Waals surface area contributed by atoms with Crippen molar-refractivity contribution < 1.29 is 19.1 Å². The zero-order valence-electron chi connectivity index (χ0n) is 17.9. The first-order valence-electron chi connectivity index (χ1n) is 10.1. The van der Waals surface area contributed by atoms with Crippen LogP contribution in [0.3, 0.4) is 0 Å². The number of methoxy groups -OCH3 is 1. The number of pyridine rings is 1. The maximum absolute atomic E-state index is 12.8. The standard InChI is InChI=1S/C22H25ClN4O4S/c1-31-18-6-5-15(23)12-17(18)26-20(29)19(28)25-13-14-7-10-27(11-8-14)22(30)16-4-3-9-24-21(16)32-2/h3-6,9,12,14H,7-8,10-11,13H2,1-2H3,(H,25,28)(H,26,29). The molecule has 0 bridgehead atoms. The number of thioether (sulfide) groups is 1. The minimum absolute atomic E-state index is 0.0280. The van der Waals surface area contributed by atoms with E-state index in [1.807, 2.05) is 11.2 Å². The van der Waals surface area contributed by atoms with E-state index in [2.05, 4.69) is 15.6 Å². The quantitative estimate of drug-likeness (QED) is 0.491. The normalized spacial score (nSPS) is 14.0. The Hall–Kier alpha value is -2.78. The molecule has 2 aromatic rings. The van der Waals surface area contributed by atoms with E-state index in [0.717, 1.165) is 12.8 Å². The topological polar surface area (TPSA) is 101 Å². The molecule has 1 fully saturated rings. The molecular formula is C22H25ClN4O4S. The minimum Gasteiger partial charge on any atom is -0.495 e. The van der Waals surface area contributed by atoms with Gasteiger partial charge in [0.2, 0.25) is 0 Å². The van der Waals surface area contributed by atoms with Gasteiger partial charge in [0.25, 0.3) is 5.91 Å². The Morgan fingerprint density at radius 3 is 2.66 bits per heavy atom. The van der Waals surface area contributed by atoms with E-state index in [0.29, 0.717) is 46.7 Å². The summed E-state index contributed by atoms with van der Waals surface area (Å²) in [4.78, 5) is 43.4. The van der Waals surface area contributed by atoms with Gasteiger partial charge in [0.15, 0.2) is 0 Å². The van der Waals surface area contributed by atoms with Crippen molar-refractivity contribution in [2.75, 3.05) is 38.3 Å². The fourth-order valence-corrected chi connectivity index (χ4v) is 4.21. The average molecular weight is 477 g/mol. The van der Waals surface area contributed by atoms with Crippen molar-refractivity contribution in [2.24, 2.45) is 5.92 Å². The second-order valence-corrected chi connectivity index (χ2v) is 8.54. The lowest BCUT2D eigenvalue weighted by Crippen LogP contribution is -2.43. The number of benzene rings is 1. The average Bonchev–Trinajstić information content (AvgIpc) is 2.82. The van der Waals surface area contributed by atoms with E-state index in [1.54, 1.807) is 30.5 Å². The Morgan fingerprint density at radius 1 is 1.22 bits per heavy atom. The van der Waals surface area contributed by atoms with E-state index in [-0.39, 0.29) is 11.8 Å². The van der Waals surface area contributed by atoms with Crippen molar-refractivity contribution in [3.05, 3.63) is 47.1 Å². The number of nitrogens with zero attached hydrogens (tertiary/aromatic N) is 2. The molecule has 1 aromatic heterocycles. The Labute approximate surface area is 196 Å². The molecule has 170 valence electrons. The largest absolute Gasteiger partial charge is 0.495 e. The molecule has 1 saturated heterocycles. The third kappa shape index (κ3) is 5.92. The van der Waals surface area contributed by atoms with E-state index < -0.39 is 11.8 Å². The fourth-order valence-electron chi connectivity index (χ4n) is 3.50. The summed E-state index contributed by atoms with van der Waals surface area (Å²) in [5.74, 6) is -0.957. The summed E-state index contributed by atoms with van der Waals surface area (Å²) >= 11 is 7.40. The molecule has 1 aliphatic rings. The summed E-state index contributed by atoms with van der Waals surface area (Å²) < 4.78 is 5.17. The van der Waals surface area contributed by atoms with Crippen LogP contribution in [0.5, 0.6) is 5.75 Å². The van der Waals surface area contributed by atoms with Crippen LogP contribution in [0.4, 0.5) is 5.69 Å². The maximum Gasteiger partial charge on any atom is 0.313 e. The lowest BCUT2D eigenvalue weighted by atomic mass is 9.96. The van der Waals surface area contributed by atoms with Crippen LogP contribution in [0, 0.1) is 5.92 Å². The van der Waals surface area contributed by atoms with E-state index in [9.17, 15) is 14.4 Å². The van der Waals surface area contributed by atoms with Gasteiger partial charge in [0.05, 0.1) is 18.4 Å². The van der Waals surface area contributed by atoms with Gasteiger partial charge < -0.3 is 20.3 Å². The van der Waals surface area contributed by atoms with Gasteiger partial charge in [-0.2, -0.15) is 0 Å². The number of carbonyl (C=O) groups excluding carboxylic acids is 3. The van der Waals surface area contributed by atoms with Gasteiger partial charge in [-0.15, -0.1) is 11.8 Å². The molecule has 1 aromatic carbocycles. The summed E-state index contributed by atoms with van der Waals surface area (Å²) in [5, 5.41) is 6.33. The number of anilines is 1. The third-order valence-corrected chi connectivity index (χ3v) is 6.21. The monoisotopic (exact) mass is 476 g/mol. The molecular weight excluding hydrogens is 452 g/mol. The molecule has 0 unspecified atom stereocenters. The van der Waals surface area contributed by atoms with E-state index >= 15 is 0 Å². The number of rotatable bonds is 6. The van der Waals surface area contributed by atoms with Crippen molar-refractivity contribution in [1.82, 2.24) is 15.2 Å². The van der Waals surface area contributed by atoms with Crippen molar-refractivity contribution in [3.63, 3.8) is 0 Å². The van der Waals surface area contributed by atoms with Gasteiger partial charge >= 0.3 is 11.8 Å². The van der Waals surface area contributed by atoms with Crippen molar-refractivity contribution >= 4 is 46.8 Å². The van der Waals surface area contributed by atoms with Crippen molar-refractivity contribution in [1.29, 1.82) is 0 Å². The zero-order valence-corrected chi connectivity index (χ0v) is 19.5. The summed E-state index contributed by atoms with van der Waals surface area (Å²) in [7, 11) is 1.46. The van der Waals surface area contributed by atoms with E-state index in [4.69, 9.17) is 16.3 Å². The fraction of sp³-hybridized carbons (Fsp3) is 0.364. The smallest absolute Gasteiger partial charge is 0.313 e. The molecule has 0 spiro atoms. The molecule has 0 atom stereocenters. The highest BCUT2D eigenvalue weighted by molar-refractivity contribution is 7.98. The lowest BCUT2D eigenvalue weighted by molar-refractivity contribution is -0.136. The lowest BCUT2D eigenvalue weighted by Gasteiger charge is -2.32. The number of carbonyl (C=O) groups is 3.